The molecule has 115 valence electrons. The number of ether oxygens (including phenoxy) is 1. The van der Waals surface area contributed by atoms with Crippen molar-refractivity contribution in [2.75, 3.05) is 7.11 Å². The highest BCUT2D eigenvalue weighted by Crippen LogP contribution is 2.22. The largest absolute Gasteiger partial charge is 0.531 e. The van der Waals surface area contributed by atoms with Gasteiger partial charge in [0, 0.05) is 6.07 Å². The molecule has 0 atom stereocenters. The molecule has 1 radical (unpaired) electrons. The molecule has 0 aliphatic heterocycles. The SMILES string of the molecule is COc1ccc(O[Si](c2ccccc2)c2ccccc2)c(F)c1. The molecule has 3 aromatic carbocycles. The highest BCUT2D eigenvalue weighted by molar-refractivity contribution is 6.80. The van der Waals surface area contributed by atoms with Gasteiger partial charge < -0.3 is 9.16 Å². The number of rotatable bonds is 5. The third kappa shape index (κ3) is 3.60. The Hall–Kier alpha value is -2.59. The number of methoxy groups -OCH3 is 1. The van der Waals surface area contributed by atoms with Gasteiger partial charge in [0.25, 0.3) is 0 Å². The summed E-state index contributed by atoms with van der Waals surface area (Å²) in [5.74, 6) is 0.300. The van der Waals surface area contributed by atoms with Gasteiger partial charge in [-0.25, -0.2) is 4.39 Å². The molecule has 0 bridgehead atoms. The molecule has 0 aliphatic carbocycles. The number of hydrogen-bond donors (Lipinski definition) is 0. The molecule has 0 saturated heterocycles. The van der Waals surface area contributed by atoms with E-state index >= 15 is 0 Å². The van der Waals surface area contributed by atoms with Gasteiger partial charge in [0.2, 0.25) is 0 Å². The molecule has 2 nitrogen and oxygen atoms in total. The fourth-order valence-electron chi connectivity index (χ4n) is 2.26. The van der Waals surface area contributed by atoms with Crippen LogP contribution in [0, 0.1) is 5.82 Å². The van der Waals surface area contributed by atoms with Crippen molar-refractivity contribution in [3.8, 4) is 11.5 Å². The van der Waals surface area contributed by atoms with Gasteiger partial charge in [0.05, 0.1) is 7.11 Å². The van der Waals surface area contributed by atoms with E-state index in [0.29, 0.717) is 5.75 Å². The van der Waals surface area contributed by atoms with Gasteiger partial charge in [-0.2, -0.15) is 0 Å². The first-order chi connectivity index (χ1) is 11.3. The molecule has 0 heterocycles. The van der Waals surface area contributed by atoms with Gasteiger partial charge in [0.1, 0.15) is 11.5 Å². The van der Waals surface area contributed by atoms with Crippen LogP contribution >= 0.6 is 0 Å². The van der Waals surface area contributed by atoms with Crippen LogP contribution in [0.25, 0.3) is 0 Å². The van der Waals surface area contributed by atoms with Gasteiger partial charge >= 0.3 is 9.04 Å². The molecule has 3 rings (SSSR count). The predicted octanol–water partition coefficient (Wildman–Crippen LogP) is 3.02. The highest BCUT2D eigenvalue weighted by atomic mass is 28.3. The zero-order chi connectivity index (χ0) is 16.1. The summed E-state index contributed by atoms with van der Waals surface area (Å²) in [4.78, 5) is 0. The summed E-state index contributed by atoms with van der Waals surface area (Å²) in [7, 11) is -0.0619. The Morgan fingerprint density at radius 3 is 1.83 bits per heavy atom. The average molecular weight is 323 g/mol. The van der Waals surface area contributed by atoms with Crippen LogP contribution in [0.3, 0.4) is 0 Å². The molecule has 4 heteroatoms. The van der Waals surface area contributed by atoms with Crippen molar-refractivity contribution in [2.45, 2.75) is 0 Å². The van der Waals surface area contributed by atoms with Gasteiger partial charge in [0.15, 0.2) is 5.82 Å². The molecule has 0 amide bonds. The van der Waals surface area contributed by atoms with Crippen LogP contribution in [-0.4, -0.2) is 16.2 Å². The summed E-state index contributed by atoms with van der Waals surface area (Å²) in [6, 6.07) is 24.5. The molecular weight excluding hydrogens is 307 g/mol. The molecule has 0 unspecified atom stereocenters. The van der Waals surface area contributed by atoms with Crippen LogP contribution in [0.4, 0.5) is 4.39 Å². The quantitative estimate of drug-likeness (QED) is 0.672. The third-order valence-corrected chi connectivity index (χ3v) is 5.56. The Morgan fingerprint density at radius 2 is 1.35 bits per heavy atom. The van der Waals surface area contributed by atoms with E-state index in [9.17, 15) is 4.39 Å². The molecule has 0 N–H and O–H groups in total. The highest BCUT2D eigenvalue weighted by Gasteiger charge is 2.22. The summed E-state index contributed by atoms with van der Waals surface area (Å²) < 4.78 is 25.4. The van der Waals surface area contributed by atoms with E-state index in [1.54, 1.807) is 12.1 Å². The van der Waals surface area contributed by atoms with Crippen LogP contribution in [0.15, 0.2) is 78.9 Å². The second kappa shape index (κ2) is 7.11. The van der Waals surface area contributed by atoms with Crippen molar-refractivity contribution in [3.05, 3.63) is 84.7 Å². The maximum Gasteiger partial charge on any atom is 0.352 e. The smallest absolute Gasteiger partial charge is 0.352 e. The Labute approximate surface area is 136 Å². The molecule has 0 spiro atoms. The van der Waals surface area contributed by atoms with E-state index < -0.39 is 14.9 Å². The number of halogens is 1. The molecule has 3 aromatic rings. The first-order valence-corrected chi connectivity index (χ1v) is 8.68. The minimum absolute atomic E-state index is 0.243. The van der Waals surface area contributed by atoms with E-state index in [0.717, 1.165) is 10.4 Å². The normalized spacial score (nSPS) is 10.6. The minimum atomic E-state index is -1.57. The summed E-state index contributed by atoms with van der Waals surface area (Å²) in [6.07, 6.45) is 0. The third-order valence-electron chi connectivity index (χ3n) is 3.42. The molecule has 23 heavy (non-hydrogen) atoms. The predicted molar refractivity (Wildman–Crippen MR) is 91.5 cm³/mol. The average Bonchev–Trinajstić information content (AvgIpc) is 2.62. The maximum atomic E-state index is 14.2. The van der Waals surface area contributed by atoms with Crippen LogP contribution in [-0.2, 0) is 0 Å². The van der Waals surface area contributed by atoms with E-state index in [2.05, 4.69) is 0 Å². The van der Waals surface area contributed by atoms with Crippen LogP contribution in [0.5, 0.6) is 11.5 Å². The fourth-order valence-corrected chi connectivity index (χ4v) is 4.21. The molecule has 0 aromatic heterocycles. The van der Waals surface area contributed by atoms with Crippen LogP contribution in [0.1, 0.15) is 0 Å². The summed E-state index contributed by atoms with van der Waals surface area (Å²) >= 11 is 0. The Bertz CT molecular complexity index is 723. The zero-order valence-corrected chi connectivity index (χ0v) is 13.7. The Kier molecular flexibility index (Phi) is 4.73. The van der Waals surface area contributed by atoms with Crippen molar-refractivity contribution in [1.29, 1.82) is 0 Å². The Balaban J connectivity index is 1.97. The van der Waals surface area contributed by atoms with Crippen LogP contribution < -0.4 is 19.5 Å². The molecule has 0 aliphatic rings. The van der Waals surface area contributed by atoms with E-state index in [1.165, 1.54) is 13.2 Å². The monoisotopic (exact) mass is 323 g/mol. The van der Waals surface area contributed by atoms with E-state index in [1.807, 2.05) is 60.7 Å². The van der Waals surface area contributed by atoms with E-state index in [4.69, 9.17) is 9.16 Å². The lowest BCUT2D eigenvalue weighted by Crippen LogP contribution is -2.47. The van der Waals surface area contributed by atoms with Gasteiger partial charge in [-0.15, -0.1) is 0 Å². The number of hydrogen-bond acceptors (Lipinski definition) is 2. The zero-order valence-electron chi connectivity index (χ0n) is 12.7. The van der Waals surface area contributed by atoms with Gasteiger partial charge in [-0.05, 0) is 22.5 Å². The summed E-state index contributed by atoms with van der Waals surface area (Å²) in [6.45, 7) is 0. The maximum absolute atomic E-state index is 14.2. The summed E-state index contributed by atoms with van der Waals surface area (Å²) in [5, 5.41) is 2.14. The molecular formula is C19H16FO2Si. The topological polar surface area (TPSA) is 18.5 Å². The van der Waals surface area contributed by atoms with Gasteiger partial charge in [-0.1, -0.05) is 60.7 Å². The first-order valence-electron chi connectivity index (χ1n) is 7.27. The minimum Gasteiger partial charge on any atom is -0.531 e. The molecule has 0 saturated carbocycles. The van der Waals surface area contributed by atoms with Crippen LogP contribution in [0.2, 0.25) is 0 Å². The lowest BCUT2D eigenvalue weighted by molar-refractivity contribution is 0.408. The lowest BCUT2D eigenvalue weighted by Gasteiger charge is -2.18. The second-order valence-corrected chi connectivity index (χ2v) is 6.98. The van der Waals surface area contributed by atoms with Crippen molar-refractivity contribution in [3.63, 3.8) is 0 Å². The lowest BCUT2D eigenvalue weighted by atomic mass is 10.3. The summed E-state index contributed by atoms with van der Waals surface area (Å²) in [5.41, 5.74) is 0. The van der Waals surface area contributed by atoms with Crippen molar-refractivity contribution in [2.24, 2.45) is 0 Å². The standard InChI is InChI=1S/C19H16FO2Si/c1-21-15-12-13-19(18(20)14-15)22-23(16-8-4-2-5-9-16)17-10-6-3-7-11-17/h2-14H,1H3. The number of benzene rings is 3. The van der Waals surface area contributed by atoms with Crippen molar-refractivity contribution < 1.29 is 13.6 Å². The van der Waals surface area contributed by atoms with Gasteiger partial charge in [-0.3, -0.25) is 0 Å². The van der Waals surface area contributed by atoms with Crippen molar-refractivity contribution >= 4 is 19.4 Å². The fraction of sp³-hybridized carbons (Fsp3) is 0.0526. The Morgan fingerprint density at radius 1 is 0.783 bits per heavy atom. The molecule has 0 fully saturated rings. The first kappa shape index (κ1) is 15.3. The van der Waals surface area contributed by atoms with E-state index in [-0.39, 0.29) is 5.75 Å². The second-order valence-electron chi connectivity index (χ2n) is 4.96. The van der Waals surface area contributed by atoms with Crippen molar-refractivity contribution in [1.82, 2.24) is 0 Å².